The van der Waals surface area contributed by atoms with Gasteiger partial charge in [0.1, 0.15) is 5.82 Å². The molecule has 1 saturated carbocycles. The van der Waals surface area contributed by atoms with Gasteiger partial charge in [0, 0.05) is 30.6 Å². The fraction of sp³-hybridized carbons (Fsp3) is 0.562. The molecule has 1 amide bonds. The fourth-order valence-corrected chi connectivity index (χ4v) is 2.81. The van der Waals surface area contributed by atoms with E-state index in [1.807, 2.05) is 4.90 Å². The van der Waals surface area contributed by atoms with Crippen LogP contribution in [0, 0.1) is 11.2 Å². The molecule has 0 spiro atoms. The first-order valence-electron chi connectivity index (χ1n) is 7.29. The molecule has 4 heteroatoms. The van der Waals surface area contributed by atoms with E-state index in [4.69, 9.17) is 0 Å². The first-order chi connectivity index (χ1) is 9.49. The molecule has 1 heterocycles. The van der Waals surface area contributed by atoms with Crippen LogP contribution in [0.15, 0.2) is 24.3 Å². The van der Waals surface area contributed by atoms with Gasteiger partial charge < -0.3 is 10.2 Å². The van der Waals surface area contributed by atoms with E-state index in [2.05, 4.69) is 19.2 Å². The van der Waals surface area contributed by atoms with Gasteiger partial charge in [-0.3, -0.25) is 4.79 Å². The SMILES string of the molecule is C[C@H]1CN[C@H](c2ccc(F)cc2)CN1C(=O)C1(C)CC1. The molecular weight excluding hydrogens is 255 g/mol. The molecule has 0 radical (unpaired) electrons. The van der Waals surface area contributed by atoms with Crippen LogP contribution in [0.3, 0.4) is 0 Å². The molecule has 0 bridgehead atoms. The Hall–Kier alpha value is -1.42. The molecule has 2 fully saturated rings. The van der Waals surface area contributed by atoms with Gasteiger partial charge in [0.05, 0.1) is 0 Å². The van der Waals surface area contributed by atoms with Crippen LogP contribution in [0.4, 0.5) is 4.39 Å². The summed E-state index contributed by atoms with van der Waals surface area (Å²) in [7, 11) is 0. The van der Waals surface area contributed by atoms with E-state index >= 15 is 0 Å². The van der Waals surface area contributed by atoms with Crippen LogP contribution in [0.1, 0.15) is 38.3 Å². The number of hydrogen-bond donors (Lipinski definition) is 1. The second-order valence-corrected chi connectivity index (χ2v) is 6.38. The predicted octanol–water partition coefficient (Wildman–Crippen LogP) is 2.49. The third kappa shape index (κ3) is 2.44. The maximum absolute atomic E-state index is 13.0. The molecule has 2 aliphatic rings. The summed E-state index contributed by atoms with van der Waals surface area (Å²) < 4.78 is 13.0. The Morgan fingerprint density at radius 2 is 2.00 bits per heavy atom. The highest BCUT2D eigenvalue weighted by Gasteiger charge is 2.48. The largest absolute Gasteiger partial charge is 0.336 e. The number of rotatable bonds is 2. The number of benzene rings is 1. The Bertz CT molecular complexity index is 510. The average Bonchev–Trinajstić information content (AvgIpc) is 3.19. The zero-order chi connectivity index (χ0) is 14.3. The summed E-state index contributed by atoms with van der Waals surface area (Å²) in [5.74, 6) is 0.0509. The summed E-state index contributed by atoms with van der Waals surface area (Å²) in [5.41, 5.74) is 0.913. The minimum atomic E-state index is -0.226. The lowest BCUT2D eigenvalue weighted by atomic mass is 9.99. The van der Waals surface area contributed by atoms with Gasteiger partial charge in [-0.15, -0.1) is 0 Å². The van der Waals surface area contributed by atoms with Gasteiger partial charge in [0.2, 0.25) is 5.91 Å². The third-order valence-corrected chi connectivity index (χ3v) is 4.62. The topological polar surface area (TPSA) is 32.3 Å². The molecule has 1 aromatic carbocycles. The fourth-order valence-electron chi connectivity index (χ4n) is 2.81. The number of halogens is 1. The Labute approximate surface area is 119 Å². The minimum Gasteiger partial charge on any atom is -0.336 e. The summed E-state index contributed by atoms with van der Waals surface area (Å²) in [6, 6.07) is 6.86. The Morgan fingerprint density at radius 1 is 1.35 bits per heavy atom. The highest BCUT2D eigenvalue weighted by Crippen LogP contribution is 2.47. The molecule has 0 unspecified atom stereocenters. The molecule has 1 N–H and O–H groups in total. The Kier molecular flexibility index (Phi) is 3.28. The number of piperazine rings is 1. The smallest absolute Gasteiger partial charge is 0.228 e. The van der Waals surface area contributed by atoms with Crippen LogP contribution in [0.2, 0.25) is 0 Å². The zero-order valence-electron chi connectivity index (χ0n) is 12.0. The van der Waals surface area contributed by atoms with E-state index < -0.39 is 0 Å². The minimum absolute atomic E-state index is 0.0955. The van der Waals surface area contributed by atoms with Gasteiger partial charge in [0.25, 0.3) is 0 Å². The summed E-state index contributed by atoms with van der Waals surface area (Å²) in [5, 5.41) is 3.44. The lowest BCUT2D eigenvalue weighted by Crippen LogP contribution is -2.55. The van der Waals surface area contributed by atoms with Crippen LogP contribution < -0.4 is 5.32 Å². The third-order valence-electron chi connectivity index (χ3n) is 4.62. The van der Waals surface area contributed by atoms with Crippen molar-refractivity contribution in [3.8, 4) is 0 Å². The van der Waals surface area contributed by atoms with E-state index in [1.165, 1.54) is 12.1 Å². The van der Waals surface area contributed by atoms with Crippen molar-refractivity contribution in [2.45, 2.75) is 38.8 Å². The van der Waals surface area contributed by atoms with Crippen molar-refractivity contribution in [1.82, 2.24) is 10.2 Å². The maximum Gasteiger partial charge on any atom is 0.228 e. The van der Waals surface area contributed by atoms with Crippen LogP contribution >= 0.6 is 0 Å². The number of carbonyl (C=O) groups is 1. The van der Waals surface area contributed by atoms with Crippen molar-refractivity contribution in [1.29, 1.82) is 0 Å². The summed E-state index contributed by atoms with van der Waals surface area (Å²) in [6.45, 7) is 5.58. The van der Waals surface area contributed by atoms with Crippen molar-refractivity contribution < 1.29 is 9.18 Å². The normalized spacial score (nSPS) is 28.2. The predicted molar refractivity (Wildman–Crippen MR) is 75.7 cm³/mol. The quantitative estimate of drug-likeness (QED) is 0.900. The molecule has 1 saturated heterocycles. The molecule has 3 nitrogen and oxygen atoms in total. The number of nitrogens with one attached hydrogen (secondary N) is 1. The highest BCUT2D eigenvalue weighted by molar-refractivity contribution is 5.85. The van der Waals surface area contributed by atoms with Gasteiger partial charge in [-0.2, -0.15) is 0 Å². The molecule has 20 heavy (non-hydrogen) atoms. The van der Waals surface area contributed by atoms with Gasteiger partial charge in [-0.05, 0) is 37.5 Å². The van der Waals surface area contributed by atoms with Crippen LogP contribution in [0.25, 0.3) is 0 Å². The maximum atomic E-state index is 13.0. The number of hydrogen-bond acceptors (Lipinski definition) is 2. The van der Waals surface area contributed by atoms with Crippen molar-refractivity contribution in [2.24, 2.45) is 5.41 Å². The van der Waals surface area contributed by atoms with Crippen LogP contribution in [-0.4, -0.2) is 29.9 Å². The van der Waals surface area contributed by atoms with Crippen LogP contribution in [-0.2, 0) is 4.79 Å². The standard InChI is InChI=1S/C16H21FN2O/c1-11-9-18-14(12-3-5-13(17)6-4-12)10-19(11)15(20)16(2)7-8-16/h3-6,11,14,18H,7-10H2,1-2H3/t11-,14-/m0/s1. The lowest BCUT2D eigenvalue weighted by molar-refractivity contribution is -0.140. The molecule has 0 aromatic heterocycles. The van der Waals surface area contributed by atoms with E-state index in [0.29, 0.717) is 6.54 Å². The first kappa shape index (κ1) is 13.6. The van der Waals surface area contributed by atoms with E-state index in [1.54, 1.807) is 12.1 Å². The van der Waals surface area contributed by atoms with Gasteiger partial charge in [-0.1, -0.05) is 19.1 Å². The molecule has 1 aliphatic carbocycles. The van der Waals surface area contributed by atoms with Crippen molar-refractivity contribution >= 4 is 5.91 Å². The second kappa shape index (κ2) is 4.85. The highest BCUT2D eigenvalue weighted by atomic mass is 19.1. The van der Waals surface area contributed by atoms with Crippen molar-refractivity contribution in [2.75, 3.05) is 13.1 Å². The lowest BCUT2D eigenvalue weighted by Gasteiger charge is -2.40. The van der Waals surface area contributed by atoms with E-state index in [0.717, 1.165) is 24.9 Å². The zero-order valence-corrected chi connectivity index (χ0v) is 12.0. The van der Waals surface area contributed by atoms with E-state index in [9.17, 15) is 9.18 Å². The summed E-state index contributed by atoms with van der Waals surface area (Å²) in [6.07, 6.45) is 2.01. The number of carbonyl (C=O) groups excluding carboxylic acids is 1. The van der Waals surface area contributed by atoms with Gasteiger partial charge in [-0.25, -0.2) is 4.39 Å². The van der Waals surface area contributed by atoms with E-state index in [-0.39, 0.29) is 29.2 Å². The van der Waals surface area contributed by atoms with Gasteiger partial charge >= 0.3 is 0 Å². The average molecular weight is 276 g/mol. The molecule has 108 valence electrons. The summed E-state index contributed by atoms with van der Waals surface area (Å²) >= 11 is 0. The van der Waals surface area contributed by atoms with Gasteiger partial charge in [0.15, 0.2) is 0 Å². The molecule has 1 aliphatic heterocycles. The molecule has 3 rings (SSSR count). The first-order valence-corrected chi connectivity index (χ1v) is 7.29. The number of nitrogens with zero attached hydrogens (tertiary/aromatic N) is 1. The van der Waals surface area contributed by atoms with Crippen LogP contribution in [0.5, 0.6) is 0 Å². The molecular formula is C16H21FN2O. The second-order valence-electron chi connectivity index (χ2n) is 6.38. The molecule has 1 aromatic rings. The Balaban J connectivity index is 1.75. The molecule has 2 atom stereocenters. The monoisotopic (exact) mass is 276 g/mol. The number of amides is 1. The summed E-state index contributed by atoms with van der Waals surface area (Å²) in [4.78, 5) is 14.6. The van der Waals surface area contributed by atoms with Crippen molar-refractivity contribution in [3.63, 3.8) is 0 Å². The Morgan fingerprint density at radius 3 is 2.60 bits per heavy atom. The van der Waals surface area contributed by atoms with Crippen molar-refractivity contribution in [3.05, 3.63) is 35.6 Å².